The van der Waals surface area contributed by atoms with Crippen molar-refractivity contribution in [3.63, 3.8) is 0 Å². The Labute approximate surface area is 195 Å². The van der Waals surface area contributed by atoms with Crippen molar-refractivity contribution in [1.29, 1.82) is 0 Å². The molecule has 2 aromatic carbocycles. The van der Waals surface area contributed by atoms with Gasteiger partial charge in [-0.05, 0) is 25.1 Å². The van der Waals surface area contributed by atoms with Crippen LogP contribution in [0.4, 0.5) is 11.4 Å². The Hall–Kier alpha value is -5.07. The van der Waals surface area contributed by atoms with Gasteiger partial charge in [-0.25, -0.2) is 9.78 Å². The fourth-order valence-corrected chi connectivity index (χ4v) is 3.12. The maximum Gasteiger partial charge on any atom is 0.375 e. The van der Waals surface area contributed by atoms with Gasteiger partial charge in [-0.1, -0.05) is 12.1 Å². The second kappa shape index (κ2) is 9.82. The number of carbonyl (C=O) groups is 5. The van der Waals surface area contributed by atoms with E-state index in [0.29, 0.717) is 0 Å². The number of carbonyl (C=O) groups excluding carboxylic acids is 5. The number of ketones is 3. The number of Topliss-reactive ketones (excluding diaryl/α,β-unsaturated/α-hetero) is 3. The monoisotopic (exact) mass is 480 g/mol. The standard InChI is InChI=1S/C22H16N4O9/c1-10(27)11-4-3-5-12(8-11)23-21(31)18(28)16(19(29)22(32)35-2)17-20(30)25-15-9-13(26(33)34)6-7-14(15)24-17/h3-9,16H,1-2H3,(H,23,31)(H,25,30)/t16-/m1/s1. The molecule has 1 heterocycles. The lowest BCUT2D eigenvalue weighted by Crippen LogP contribution is -2.39. The van der Waals surface area contributed by atoms with Gasteiger partial charge in [0.15, 0.2) is 5.78 Å². The number of non-ortho nitro benzene ring substituents is 1. The number of nitro benzene ring substituents is 1. The number of nitrogens with one attached hydrogen (secondary N) is 2. The Balaban J connectivity index is 2.06. The van der Waals surface area contributed by atoms with E-state index in [9.17, 15) is 38.9 Å². The predicted octanol–water partition coefficient (Wildman–Crippen LogP) is 1.07. The number of rotatable bonds is 8. The minimum atomic E-state index is -2.26. The molecule has 35 heavy (non-hydrogen) atoms. The van der Waals surface area contributed by atoms with Gasteiger partial charge in [0.25, 0.3) is 22.9 Å². The number of aromatic nitrogens is 2. The molecule has 0 saturated heterocycles. The average Bonchev–Trinajstić information content (AvgIpc) is 2.83. The molecule has 0 aliphatic rings. The first kappa shape index (κ1) is 24.6. The Morgan fingerprint density at radius 2 is 1.80 bits per heavy atom. The van der Waals surface area contributed by atoms with E-state index >= 15 is 0 Å². The highest BCUT2D eigenvalue weighted by Gasteiger charge is 2.40. The lowest BCUT2D eigenvalue weighted by molar-refractivity contribution is -0.384. The molecule has 1 aromatic heterocycles. The van der Waals surface area contributed by atoms with Crippen LogP contribution in [0.25, 0.3) is 11.0 Å². The molecule has 0 aliphatic carbocycles. The number of H-pyrrole nitrogens is 1. The summed E-state index contributed by atoms with van der Waals surface area (Å²) in [6.07, 6.45) is 0. The third kappa shape index (κ3) is 5.13. The largest absolute Gasteiger partial charge is 0.463 e. The third-order valence-electron chi connectivity index (χ3n) is 4.85. The fourth-order valence-electron chi connectivity index (χ4n) is 3.12. The molecule has 3 aromatic rings. The number of hydrogen-bond donors (Lipinski definition) is 2. The first-order valence-corrected chi connectivity index (χ1v) is 9.80. The Morgan fingerprint density at radius 3 is 2.43 bits per heavy atom. The lowest BCUT2D eigenvalue weighted by Gasteiger charge is -2.13. The smallest absolute Gasteiger partial charge is 0.375 e. The summed E-state index contributed by atoms with van der Waals surface area (Å²) >= 11 is 0. The number of fused-ring (bicyclic) bond motifs is 1. The van der Waals surface area contributed by atoms with Crippen LogP contribution in [0.15, 0.2) is 47.3 Å². The van der Waals surface area contributed by atoms with Crippen LogP contribution in [0.5, 0.6) is 0 Å². The first-order valence-electron chi connectivity index (χ1n) is 9.80. The van der Waals surface area contributed by atoms with E-state index in [4.69, 9.17) is 0 Å². The summed E-state index contributed by atoms with van der Waals surface area (Å²) in [5, 5.41) is 13.2. The van der Waals surface area contributed by atoms with Gasteiger partial charge in [0.05, 0.1) is 23.1 Å². The van der Waals surface area contributed by atoms with E-state index in [1.54, 1.807) is 0 Å². The summed E-state index contributed by atoms with van der Waals surface area (Å²) in [7, 11) is 0.867. The van der Waals surface area contributed by atoms with Crippen molar-refractivity contribution >= 4 is 51.6 Å². The van der Waals surface area contributed by atoms with Crippen molar-refractivity contribution in [3.05, 3.63) is 74.2 Å². The van der Waals surface area contributed by atoms with Crippen LogP contribution >= 0.6 is 0 Å². The van der Waals surface area contributed by atoms with Gasteiger partial charge in [0, 0.05) is 23.4 Å². The predicted molar refractivity (Wildman–Crippen MR) is 119 cm³/mol. The van der Waals surface area contributed by atoms with E-state index in [2.05, 4.69) is 20.0 Å². The van der Waals surface area contributed by atoms with Gasteiger partial charge in [0.2, 0.25) is 5.78 Å². The van der Waals surface area contributed by atoms with E-state index in [1.165, 1.54) is 31.2 Å². The molecule has 3 rings (SSSR count). The van der Waals surface area contributed by atoms with Gasteiger partial charge in [-0.2, -0.15) is 0 Å². The van der Waals surface area contributed by atoms with E-state index in [1.807, 2.05) is 0 Å². The minimum absolute atomic E-state index is 0.0461. The molecule has 0 spiro atoms. The Bertz CT molecular complexity index is 1480. The van der Waals surface area contributed by atoms with Crippen molar-refractivity contribution in [2.75, 3.05) is 12.4 Å². The number of aromatic amines is 1. The van der Waals surface area contributed by atoms with Crippen LogP contribution in [0.3, 0.4) is 0 Å². The van der Waals surface area contributed by atoms with E-state index < -0.39 is 45.5 Å². The number of anilines is 1. The molecule has 0 saturated carbocycles. The van der Waals surface area contributed by atoms with E-state index in [-0.39, 0.29) is 33.8 Å². The van der Waals surface area contributed by atoms with Crippen molar-refractivity contribution < 1.29 is 33.6 Å². The summed E-state index contributed by atoms with van der Waals surface area (Å²) in [5.74, 6) is -8.45. The zero-order chi connectivity index (χ0) is 25.9. The second-order valence-electron chi connectivity index (χ2n) is 7.15. The highest BCUT2D eigenvalue weighted by atomic mass is 16.6. The molecule has 2 N–H and O–H groups in total. The van der Waals surface area contributed by atoms with Gasteiger partial charge >= 0.3 is 5.97 Å². The molecule has 0 aliphatic heterocycles. The maximum absolute atomic E-state index is 13.0. The second-order valence-corrected chi connectivity index (χ2v) is 7.15. The van der Waals surface area contributed by atoms with Crippen LogP contribution in [0, 0.1) is 10.1 Å². The molecule has 0 unspecified atom stereocenters. The number of nitrogens with zero attached hydrogens (tertiary/aromatic N) is 2. The van der Waals surface area contributed by atoms with E-state index in [0.717, 1.165) is 25.3 Å². The highest BCUT2D eigenvalue weighted by molar-refractivity contribution is 6.52. The van der Waals surface area contributed by atoms with Gasteiger partial charge < -0.3 is 15.0 Å². The summed E-state index contributed by atoms with van der Waals surface area (Å²) in [6.45, 7) is 1.30. The quantitative estimate of drug-likeness (QED) is 0.117. The molecular weight excluding hydrogens is 464 g/mol. The number of nitro groups is 1. The van der Waals surface area contributed by atoms with Crippen LogP contribution in [0.2, 0.25) is 0 Å². The molecule has 0 radical (unpaired) electrons. The number of ether oxygens (including phenoxy) is 1. The summed E-state index contributed by atoms with van der Waals surface area (Å²) in [6, 6.07) is 8.84. The third-order valence-corrected chi connectivity index (χ3v) is 4.85. The first-order chi connectivity index (χ1) is 16.5. The fraction of sp³-hybridized carbons (Fsp3) is 0.136. The average molecular weight is 480 g/mol. The van der Waals surface area contributed by atoms with Gasteiger partial charge in [-0.15, -0.1) is 0 Å². The Kier molecular flexibility index (Phi) is 6.90. The summed E-state index contributed by atoms with van der Waals surface area (Å²) in [5.41, 5.74) is -2.09. The summed E-state index contributed by atoms with van der Waals surface area (Å²) in [4.78, 5) is 90.8. The molecule has 1 atom stereocenters. The highest BCUT2D eigenvalue weighted by Crippen LogP contribution is 2.21. The SMILES string of the molecule is COC(=O)C(=O)[C@@H](C(=O)C(=O)Nc1cccc(C(C)=O)c1)c1nc2ccc([N+](=O)[O-])cc2[nH]c1=O. The number of esters is 1. The van der Waals surface area contributed by atoms with Crippen molar-refractivity contribution in [3.8, 4) is 0 Å². The molecule has 0 fully saturated rings. The van der Waals surface area contributed by atoms with Gasteiger partial charge in [-0.3, -0.25) is 34.1 Å². The molecule has 13 nitrogen and oxygen atoms in total. The molecule has 0 bridgehead atoms. The van der Waals surface area contributed by atoms with Crippen LogP contribution in [0.1, 0.15) is 28.9 Å². The van der Waals surface area contributed by atoms with Crippen molar-refractivity contribution in [2.45, 2.75) is 12.8 Å². The molecule has 178 valence electrons. The Morgan fingerprint density at radius 1 is 1.09 bits per heavy atom. The molecule has 13 heteroatoms. The zero-order valence-electron chi connectivity index (χ0n) is 18.2. The van der Waals surface area contributed by atoms with Crippen LogP contribution in [-0.4, -0.2) is 51.2 Å². The normalized spacial score (nSPS) is 11.4. The minimum Gasteiger partial charge on any atom is -0.463 e. The van der Waals surface area contributed by atoms with Crippen LogP contribution < -0.4 is 10.9 Å². The van der Waals surface area contributed by atoms with Gasteiger partial charge in [0.1, 0.15) is 11.6 Å². The summed E-state index contributed by atoms with van der Waals surface area (Å²) < 4.78 is 4.35. The molecular formula is C22H16N4O9. The maximum atomic E-state index is 13.0. The number of methoxy groups -OCH3 is 1. The van der Waals surface area contributed by atoms with Crippen molar-refractivity contribution in [1.82, 2.24) is 9.97 Å². The topological polar surface area (TPSA) is 196 Å². The van der Waals surface area contributed by atoms with Crippen molar-refractivity contribution in [2.24, 2.45) is 0 Å². The number of benzene rings is 2. The zero-order valence-corrected chi connectivity index (χ0v) is 18.2. The lowest BCUT2D eigenvalue weighted by atomic mass is 9.94. The number of hydrogen-bond acceptors (Lipinski definition) is 10. The molecule has 1 amide bonds. The van der Waals surface area contributed by atoms with Crippen LogP contribution in [-0.2, 0) is 23.9 Å². The number of amides is 1.